The first-order chi connectivity index (χ1) is 9.68. The van der Waals surface area contributed by atoms with E-state index in [4.69, 9.17) is 10.6 Å². The number of hydrogen-bond acceptors (Lipinski definition) is 6. The zero-order chi connectivity index (χ0) is 15.8. The molecule has 1 aromatic rings. The van der Waals surface area contributed by atoms with Gasteiger partial charge in [-0.25, -0.2) is 15.8 Å². The monoisotopic (exact) mass is 305 g/mol. The van der Waals surface area contributed by atoms with Crippen molar-refractivity contribution in [2.24, 2.45) is 11.3 Å². The van der Waals surface area contributed by atoms with Gasteiger partial charge in [0, 0.05) is 24.6 Å². The molecule has 0 bridgehead atoms. The summed E-state index contributed by atoms with van der Waals surface area (Å²) in [7, 11) is 1.62. The van der Waals surface area contributed by atoms with E-state index in [1.807, 2.05) is 13.8 Å². The van der Waals surface area contributed by atoms with Gasteiger partial charge in [-0.2, -0.15) is 13.2 Å². The van der Waals surface area contributed by atoms with Crippen molar-refractivity contribution in [1.82, 2.24) is 9.97 Å². The Balaban J connectivity index is 2.21. The normalized spacial score (nSPS) is 24.3. The Morgan fingerprint density at radius 1 is 1.33 bits per heavy atom. The van der Waals surface area contributed by atoms with Gasteiger partial charge in [0.15, 0.2) is 0 Å². The standard InChI is InChI=1S/C12H18F3N5O/c1-11(2)6(4-7(11)21-3)17-8-5-9(20-16)19-10(18-8)12(13,14)15/h5-7H,4,16H2,1-3H3,(H2,17,18,19,20). The van der Waals surface area contributed by atoms with Crippen LogP contribution in [0.3, 0.4) is 0 Å². The summed E-state index contributed by atoms with van der Waals surface area (Å²) in [6.07, 6.45) is -3.88. The molecule has 21 heavy (non-hydrogen) atoms. The van der Waals surface area contributed by atoms with Gasteiger partial charge in [-0.3, -0.25) is 0 Å². The van der Waals surface area contributed by atoms with Crippen molar-refractivity contribution in [2.45, 2.75) is 38.6 Å². The van der Waals surface area contributed by atoms with Crippen LogP contribution in [0, 0.1) is 5.41 Å². The van der Waals surface area contributed by atoms with Crippen molar-refractivity contribution < 1.29 is 17.9 Å². The fraction of sp³-hybridized carbons (Fsp3) is 0.667. The lowest BCUT2D eigenvalue weighted by Crippen LogP contribution is -2.57. The summed E-state index contributed by atoms with van der Waals surface area (Å²) in [5.74, 6) is 3.90. The highest BCUT2D eigenvalue weighted by atomic mass is 19.4. The van der Waals surface area contributed by atoms with Crippen LogP contribution < -0.4 is 16.6 Å². The minimum Gasteiger partial charge on any atom is -0.381 e. The maximum absolute atomic E-state index is 12.7. The third-order valence-electron chi connectivity index (χ3n) is 3.91. The van der Waals surface area contributed by atoms with Gasteiger partial charge in [-0.15, -0.1) is 0 Å². The van der Waals surface area contributed by atoms with Crippen molar-refractivity contribution in [3.63, 3.8) is 0 Å². The van der Waals surface area contributed by atoms with Gasteiger partial charge < -0.3 is 15.5 Å². The lowest BCUT2D eigenvalue weighted by molar-refractivity contribution is -0.144. The molecule has 2 atom stereocenters. The summed E-state index contributed by atoms with van der Waals surface area (Å²) in [5, 5.41) is 2.99. The summed E-state index contributed by atoms with van der Waals surface area (Å²) in [6.45, 7) is 3.96. The van der Waals surface area contributed by atoms with Crippen molar-refractivity contribution in [2.75, 3.05) is 17.9 Å². The first kappa shape index (κ1) is 15.8. The zero-order valence-corrected chi connectivity index (χ0v) is 12.0. The van der Waals surface area contributed by atoms with Crippen molar-refractivity contribution in [1.29, 1.82) is 0 Å². The van der Waals surface area contributed by atoms with E-state index in [1.165, 1.54) is 6.07 Å². The largest absolute Gasteiger partial charge is 0.451 e. The van der Waals surface area contributed by atoms with E-state index in [9.17, 15) is 13.2 Å². The third kappa shape index (κ3) is 3.03. The highest BCUT2D eigenvalue weighted by molar-refractivity contribution is 5.48. The molecule has 2 unspecified atom stereocenters. The number of hydrogen-bond donors (Lipinski definition) is 3. The lowest BCUT2D eigenvalue weighted by Gasteiger charge is -2.51. The quantitative estimate of drug-likeness (QED) is 0.583. The number of rotatable bonds is 4. The van der Waals surface area contributed by atoms with Crippen LogP contribution in [0.2, 0.25) is 0 Å². The molecule has 9 heteroatoms. The van der Waals surface area contributed by atoms with Crippen molar-refractivity contribution >= 4 is 11.6 Å². The molecule has 0 aliphatic heterocycles. The van der Waals surface area contributed by atoms with Gasteiger partial charge in [0.2, 0.25) is 5.82 Å². The molecular weight excluding hydrogens is 287 g/mol. The van der Waals surface area contributed by atoms with Crippen LogP contribution in [0.4, 0.5) is 24.8 Å². The van der Waals surface area contributed by atoms with E-state index >= 15 is 0 Å². The van der Waals surface area contributed by atoms with Crippen molar-refractivity contribution in [3.05, 3.63) is 11.9 Å². The predicted octanol–water partition coefficient (Wildman–Crippen LogP) is 2.01. The highest BCUT2D eigenvalue weighted by Gasteiger charge is 2.49. The number of alkyl halides is 3. The molecule has 6 nitrogen and oxygen atoms in total. The van der Waals surface area contributed by atoms with Crippen LogP contribution in [0.15, 0.2) is 6.07 Å². The van der Waals surface area contributed by atoms with Gasteiger partial charge in [0.1, 0.15) is 11.6 Å². The lowest BCUT2D eigenvalue weighted by atomic mass is 9.64. The first-order valence-electron chi connectivity index (χ1n) is 6.40. The molecule has 4 N–H and O–H groups in total. The second-order valence-corrected chi connectivity index (χ2v) is 5.58. The Morgan fingerprint density at radius 3 is 2.43 bits per heavy atom. The second-order valence-electron chi connectivity index (χ2n) is 5.58. The second kappa shape index (κ2) is 5.30. The van der Waals surface area contributed by atoms with Crippen molar-refractivity contribution in [3.8, 4) is 0 Å². The van der Waals surface area contributed by atoms with Crippen LogP contribution in [0.5, 0.6) is 0 Å². The SMILES string of the molecule is COC1CC(Nc2cc(NN)nc(C(F)(F)F)n2)C1(C)C. The van der Waals surface area contributed by atoms with Gasteiger partial charge in [0.05, 0.1) is 6.10 Å². The molecule has 1 heterocycles. The Bertz CT molecular complexity index is 520. The molecule has 0 radical (unpaired) electrons. The molecule has 1 aliphatic carbocycles. The number of aromatic nitrogens is 2. The first-order valence-corrected chi connectivity index (χ1v) is 6.40. The minimum absolute atomic E-state index is 0.0379. The average Bonchev–Trinajstić information content (AvgIpc) is 2.41. The smallest absolute Gasteiger partial charge is 0.381 e. The zero-order valence-electron chi connectivity index (χ0n) is 12.0. The molecule has 1 aliphatic rings. The van der Waals surface area contributed by atoms with Crippen LogP contribution in [0.25, 0.3) is 0 Å². The molecule has 0 spiro atoms. The van der Waals surface area contributed by atoms with Gasteiger partial charge >= 0.3 is 6.18 Å². The summed E-state index contributed by atoms with van der Waals surface area (Å²) in [5.41, 5.74) is 1.91. The molecule has 1 saturated carbocycles. The van der Waals surface area contributed by atoms with Crippen LogP contribution >= 0.6 is 0 Å². The number of ether oxygens (including phenoxy) is 1. The summed E-state index contributed by atoms with van der Waals surface area (Å²) < 4.78 is 43.5. The van der Waals surface area contributed by atoms with Gasteiger partial charge in [-0.1, -0.05) is 13.8 Å². The molecule has 118 valence electrons. The number of anilines is 2. The van der Waals surface area contributed by atoms with E-state index in [1.54, 1.807) is 7.11 Å². The Labute approximate surface area is 120 Å². The van der Waals surface area contributed by atoms with E-state index in [0.29, 0.717) is 6.42 Å². The minimum atomic E-state index is -4.63. The fourth-order valence-corrected chi connectivity index (χ4v) is 2.43. The Morgan fingerprint density at radius 2 is 1.95 bits per heavy atom. The van der Waals surface area contributed by atoms with Gasteiger partial charge in [0.25, 0.3) is 0 Å². The maximum atomic E-state index is 12.7. The number of methoxy groups -OCH3 is 1. The third-order valence-corrected chi connectivity index (χ3v) is 3.91. The van der Waals surface area contributed by atoms with Crippen LogP contribution in [-0.4, -0.2) is 29.2 Å². The number of nitrogen functional groups attached to an aromatic ring is 1. The number of nitrogens with zero attached hydrogens (tertiary/aromatic N) is 2. The number of nitrogens with one attached hydrogen (secondary N) is 2. The fourth-order valence-electron chi connectivity index (χ4n) is 2.43. The predicted molar refractivity (Wildman–Crippen MR) is 71.4 cm³/mol. The van der Waals surface area contributed by atoms with Gasteiger partial charge in [-0.05, 0) is 6.42 Å². The Hall–Kier alpha value is -1.61. The Kier molecular flexibility index (Phi) is 3.98. The van der Waals surface area contributed by atoms with E-state index in [0.717, 1.165) is 0 Å². The molecule has 1 fully saturated rings. The molecule has 2 rings (SSSR count). The number of halogens is 3. The van der Waals surface area contributed by atoms with Crippen LogP contribution in [0.1, 0.15) is 26.1 Å². The summed E-state index contributed by atoms with van der Waals surface area (Å²) >= 11 is 0. The van der Waals surface area contributed by atoms with E-state index in [-0.39, 0.29) is 29.2 Å². The molecule has 0 amide bonds. The van der Waals surface area contributed by atoms with E-state index < -0.39 is 12.0 Å². The number of hydrazine groups is 1. The molecule has 0 aromatic carbocycles. The summed E-state index contributed by atoms with van der Waals surface area (Å²) in [6, 6.07) is 1.30. The number of nitrogens with two attached hydrogens (primary N) is 1. The van der Waals surface area contributed by atoms with E-state index in [2.05, 4.69) is 20.7 Å². The average molecular weight is 305 g/mol. The highest BCUT2D eigenvalue weighted by Crippen LogP contribution is 2.44. The topological polar surface area (TPSA) is 85.1 Å². The molecular formula is C12H18F3N5O. The maximum Gasteiger partial charge on any atom is 0.451 e. The summed E-state index contributed by atoms with van der Waals surface area (Å²) in [4.78, 5) is 6.81. The molecule has 0 saturated heterocycles. The van der Waals surface area contributed by atoms with Crippen LogP contribution in [-0.2, 0) is 10.9 Å². The molecule has 1 aromatic heterocycles.